The van der Waals surface area contributed by atoms with Crippen LogP contribution in [0.1, 0.15) is 18.1 Å². The van der Waals surface area contributed by atoms with Crippen molar-refractivity contribution in [2.24, 2.45) is 12.8 Å². The molecule has 0 saturated carbocycles. The lowest BCUT2D eigenvalue weighted by Gasteiger charge is -2.17. The summed E-state index contributed by atoms with van der Waals surface area (Å²) in [4.78, 5) is 22.2. The first-order valence-corrected chi connectivity index (χ1v) is 10.2. The van der Waals surface area contributed by atoms with Gasteiger partial charge in [-0.1, -0.05) is 0 Å². The highest BCUT2D eigenvalue weighted by Crippen LogP contribution is 2.35. The molecule has 0 bridgehead atoms. The molecule has 0 spiro atoms. The Kier molecular flexibility index (Phi) is 5.57. The van der Waals surface area contributed by atoms with E-state index >= 15 is 0 Å². The van der Waals surface area contributed by atoms with Gasteiger partial charge in [-0.05, 0) is 24.4 Å². The highest BCUT2D eigenvalue weighted by atomic mass is 32.2. The average Bonchev–Trinajstić information content (AvgIpc) is 3.01. The number of hydrogen-bond acceptors (Lipinski definition) is 5. The molecule has 1 atom stereocenters. The standard InChI is InChI=1S/C17H14F6N6O2S/c1-3-32(31,28-15(24)30)11-5-9(17(21,22)23)6-25-12(11)14-27-10-4-8(16(18,19)20)7-26-13(10)29(14)2/h3-7H,1-2H3,(H3,24,28,30,31). The quantitative estimate of drug-likeness (QED) is 0.442. The van der Waals surface area contributed by atoms with Crippen LogP contribution in [-0.2, 0) is 29.1 Å². The fraction of sp³-hybridized carbons (Fsp3) is 0.235. The van der Waals surface area contributed by atoms with Gasteiger partial charge in [-0.15, -0.1) is 0 Å². The van der Waals surface area contributed by atoms with Crippen molar-refractivity contribution in [2.45, 2.75) is 24.2 Å². The topological polar surface area (TPSA) is 116 Å². The van der Waals surface area contributed by atoms with Crippen LogP contribution in [0.15, 0.2) is 29.4 Å². The maximum atomic E-state index is 13.3. The average molecular weight is 480 g/mol. The molecule has 3 N–H and O–H groups in total. The van der Waals surface area contributed by atoms with Gasteiger partial charge >= 0.3 is 18.4 Å². The van der Waals surface area contributed by atoms with E-state index in [0.717, 1.165) is 5.37 Å². The first kappa shape index (κ1) is 23.3. The molecular formula is C17H14F6N6O2S. The molecule has 0 aliphatic carbocycles. The highest BCUT2D eigenvalue weighted by Gasteiger charge is 2.35. The molecule has 0 aromatic carbocycles. The number of carbonyl (C=O) groups excluding carboxylic acids is 1. The van der Waals surface area contributed by atoms with Gasteiger partial charge in [0.25, 0.3) is 0 Å². The van der Waals surface area contributed by atoms with Crippen molar-refractivity contribution in [3.63, 3.8) is 0 Å². The number of imidazole rings is 1. The molecule has 3 aromatic rings. The maximum absolute atomic E-state index is 13.3. The molecule has 3 heterocycles. The van der Waals surface area contributed by atoms with Crippen molar-refractivity contribution in [2.75, 3.05) is 0 Å². The van der Waals surface area contributed by atoms with Crippen molar-refractivity contribution < 1.29 is 35.3 Å². The number of alkyl halides is 6. The number of amides is 2. The summed E-state index contributed by atoms with van der Waals surface area (Å²) in [5.41, 5.74) is 2.04. The molecule has 3 aromatic heterocycles. The number of hydrogen-bond donors (Lipinski definition) is 2. The van der Waals surface area contributed by atoms with Crippen LogP contribution in [0.4, 0.5) is 31.1 Å². The SMILES string of the molecule is CC=S(=O)(NC(N)=O)c1cc(C(F)(F)F)cnc1-c1nc2cc(C(F)(F)F)cnc2n1C. The number of carbonyl (C=O) groups is 1. The van der Waals surface area contributed by atoms with E-state index in [1.165, 1.54) is 18.5 Å². The molecule has 15 heteroatoms. The largest absolute Gasteiger partial charge is 0.417 e. The van der Waals surface area contributed by atoms with Crippen LogP contribution in [0, 0.1) is 0 Å². The van der Waals surface area contributed by atoms with Gasteiger partial charge < -0.3 is 10.3 Å². The zero-order chi connectivity index (χ0) is 24.1. The summed E-state index contributed by atoms with van der Waals surface area (Å²) in [7, 11) is -2.48. The second-order valence-corrected chi connectivity index (χ2v) is 8.75. The molecule has 8 nitrogen and oxygen atoms in total. The van der Waals surface area contributed by atoms with E-state index in [4.69, 9.17) is 5.73 Å². The molecule has 0 saturated heterocycles. The first-order chi connectivity index (χ1) is 14.7. The predicted molar refractivity (Wildman–Crippen MR) is 103 cm³/mol. The predicted octanol–water partition coefficient (Wildman–Crippen LogP) is 3.12. The summed E-state index contributed by atoms with van der Waals surface area (Å²) in [6, 6.07) is -0.0624. The third-order valence-corrected chi connectivity index (χ3v) is 6.47. The third-order valence-electron chi connectivity index (χ3n) is 4.34. The molecule has 0 radical (unpaired) electrons. The van der Waals surface area contributed by atoms with Gasteiger partial charge in [0, 0.05) is 19.4 Å². The summed E-state index contributed by atoms with van der Waals surface area (Å²) in [5, 5.41) is 0.932. The van der Waals surface area contributed by atoms with Gasteiger partial charge in [0.15, 0.2) is 11.5 Å². The molecular weight excluding hydrogens is 466 g/mol. The minimum absolute atomic E-state index is 0.0320. The fourth-order valence-corrected chi connectivity index (χ4v) is 4.35. The number of aryl methyl sites for hydroxylation is 1. The second kappa shape index (κ2) is 7.65. The zero-order valence-electron chi connectivity index (χ0n) is 16.2. The second-order valence-electron chi connectivity index (χ2n) is 6.43. The molecule has 32 heavy (non-hydrogen) atoms. The Morgan fingerprint density at radius 3 is 2.19 bits per heavy atom. The molecule has 2 amide bonds. The van der Waals surface area contributed by atoms with Crippen LogP contribution in [0.5, 0.6) is 0 Å². The van der Waals surface area contributed by atoms with Crippen molar-refractivity contribution >= 4 is 32.3 Å². The normalized spacial score (nSPS) is 14.2. The van der Waals surface area contributed by atoms with Gasteiger partial charge in [-0.2, -0.15) is 26.3 Å². The van der Waals surface area contributed by atoms with E-state index in [0.29, 0.717) is 24.5 Å². The Bertz CT molecular complexity index is 1340. The van der Waals surface area contributed by atoms with Crippen LogP contribution in [0.3, 0.4) is 0 Å². The number of rotatable bonds is 3. The maximum Gasteiger partial charge on any atom is 0.417 e. The Hall–Kier alpha value is -3.36. The van der Waals surface area contributed by atoms with Gasteiger partial charge in [-0.25, -0.2) is 19.0 Å². The van der Waals surface area contributed by atoms with Crippen molar-refractivity contribution in [3.8, 4) is 11.5 Å². The van der Waals surface area contributed by atoms with Gasteiger partial charge in [0.1, 0.15) is 11.2 Å². The number of nitrogens with one attached hydrogen (secondary N) is 1. The van der Waals surface area contributed by atoms with E-state index in [9.17, 15) is 35.3 Å². The number of halogens is 6. The number of aromatic nitrogens is 4. The molecule has 0 aliphatic heterocycles. The Balaban J connectivity index is 2.35. The van der Waals surface area contributed by atoms with Crippen LogP contribution in [-0.4, -0.2) is 35.1 Å². The Labute approximate surface area is 176 Å². The van der Waals surface area contributed by atoms with Crippen LogP contribution < -0.4 is 10.5 Å². The Morgan fingerprint density at radius 2 is 1.66 bits per heavy atom. The van der Waals surface area contributed by atoms with E-state index in [1.807, 2.05) is 4.72 Å². The van der Waals surface area contributed by atoms with Gasteiger partial charge in [-0.3, -0.25) is 9.71 Å². The van der Waals surface area contributed by atoms with E-state index < -0.39 is 44.1 Å². The highest BCUT2D eigenvalue weighted by molar-refractivity contribution is 8.00. The summed E-state index contributed by atoms with van der Waals surface area (Å²) in [6.07, 6.45) is -8.54. The summed E-state index contributed by atoms with van der Waals surface area (Å²) in [5.74, 6) is -0.226. The van der Waals surface area contributed by atoms with E-state index in [-0.39, 0.29) is 22.7 Å². The van der Waals surface area contributed by atoms with Crippen LogP contribution in [0.2, 0.25) is 0 Å². The molecule has 3 rings (SSSR count). The number of nitrogens with two attached hydrogens (primary N) is 1. The molecule has 0 fully saturated rings. The van der Waals surface area contributed by atoms with Crippen molar-refractivity contribution in [1.29, 1.82) is 0 Å². The minimum atomic E-state index is -4.86. The summed E-state index contributed by atoms with van der Waals surface area (Å²) < 4.78 is 95.2. The Morgan fingerprint density at radius 1 is 1.09 bits per heavy atom. The molecule has 0 aliphatic rings. The fourth-order valence-electron chi connectivity index (χ4n) is 2.83. The van der Waals surface area contributed by atoms with Crippen molar-refractivity contribution in [1.82, 2.24) is 24.2 Å². The first-order valence-electron chi connectivity index (χ1n) is 8.55. The third kappa shape index (κ3) is 4.19. The monoisotopic (exact) mass is 480 g/mol. The van der Waals surface area contributed by atoms with E-state index in [2.05, 4.69) is 15.0 Å². The van der Waals surface area contributed by atoms with E-state index in [1.54, 1.807) is 0 Å². The lowest BCUT2D eigenvalue weighted by atomic mass is 10.2. The van der Waals surface area contributed by atoms with Crippen LogP contribution in [0.25, 0.3) is 22.7 Å². The summed E-state index contributed by atoms with van der Waals surface area (Å²) in [6.45, 7) is 1.22. The zero-order valence-corrected chi connectivity index (χ0v) is 17.1. The smallest absolute Gasteiger partial charge is 0.351 e. The van der Waals surface area contributed by atoms with Crippen molar-refractivity contribution in [3.05, 3.63) is 35.7 Å². The lowest BCUT2D eigenvalue weighted by Crippen LogP contribution is -2.36. The number of pyridine rings is 2. The number of primary amides is 1. The molecule has 1 unspecified atom stereocenters. The summed E-state index contributed by atoms with van der Waals surface area (Å²) >= 11 is 0. The lowest BCUT2D eigenvalue weighted by molar-refractivity contribution is -0.138. The number of nitrogens with zero attached hydrogens (tertiary/aromatic N) is 4. The van der Waals surface area contributed by atoms with Gasteiger partial charge in [0.05, 0.1) is 25.7 Å². The number of fused-ring (bicyclic) bond motifs is 1. The van der Waals surface area contributed by atoms with Gasteiger partial charge in [0.2, 0.25) is 0 Å². The molecule has 172 valence electrons. The number of urea groups is 1. The van der Waals surface area contributed by atoms with Crippen LogP contribution >= 0.6 is 0 Å². The minimum Gasteiger partial charge on any atom is -0.351 e.